The predicted molar refractivity (Wildman–Crippen MR) is 477 cm³/mol. The summed E-state index contributed by atoms with van der Waals surface area (Å²) in [4.78, 5) is 54.0. The van der Waals surface area contributed by atoms with Gasteiger partial charge in [-0.3, -0.25) is 25.0 Å². The number of benzene rings is 6. The summed E-state index contributed by atoms with van der Waals surface area (Å²) in [5, 5.41) is 12.3. The molecule has 6 aromatic heterocycles. The van der Waals surface area contributed by atoms with Gasteiger partial charge in [-0.15, -0.1) is 0 Å². The molecule has 9 N–H and O–H groups in total. The molecule has 0 atom stereocenters. The van der Waals surface area contributed by atoms with Crippen molar-refractivity contribution in [2.24, 2.45) is 0 Å². The minimum Gasteiger partial charge on any atom is -0.424 e. The molecule has 0 unspecified atom stereocenters. The molecule has 0 radical (unpaired) electrons. The van der Waals surface area contributed by atoms with E-state index in [0.717, 1.165) is 49.2 Å². The van der Waals surface area contributed by atoms with Crippen LogP contribution in [-0.2, 0) is 70.2 Å². The first-order valence-corrected chi connectivity index (χ1v) is 40.7. The zero-order valence-corrected chi connectivity index (χ0v) is 75.0. The number of oxazole rings is 5. The molecule has 12 aromatic rings. The van der Waals surface area contributed by atoms with Crippen molar-refractivity contribution in [3.63, 3.8) is 0 Å². The smallest absolute Gasteiger partial charge is 0.424 e. The summed E-state index contributed by atoms with van der Waals surface area (Å²) in [6.07, 6.45) is 0.137. The number of aromatic nitrogens is 6. The first kappa shape index (κ1) is 92.1. The van der Waals surface area contributed by atoms with Gasteiger partial charge in [0.15, 0.2) is 39.3 Å². The Hall–Kier alpha value is -10.1. The van der Waals surface area contributed by atoms with E-state index in [1.807, 2.05) is 263 Å². The summed E-state index contributed by atoms with van der Waals surface area (Å²) in [7, 11) is -2.59. The zero-order chi connectivity index (χ0) is 90.0. The van der Waals surface area contributed by atoms with E-state index in [1.165, 1.54) is 20.8 Å². The average molecular weight is 1690 g/mol. The third-order valence-corrected chi connectivity index (χ3v) is 23.2. The van der Waals surface area contributed by atoms with E-state index >= 15 is 0 Å². The van der Waals surface area contributed by atoms with Gasteiger partial charge < -0.3 is 105 Å². The van der Waals surface area contributed by atoms with Crippen LogP contribution < -0.4 is 65.9 Å². The Morgan fingerprint density at radius 1 is 0.333 bits per heavy atom. The maximum atomic E-state index is 11.2. The van der Waals surface area contributed by atoms with Crippen molar-refractivity contribution in [3.8, 4) is 0 Å². The summed E-state index contributed by atoms with van der Waals surface area (Å²) in [5.74, 6) is -0.243. The molecule has 5 saturated heterocycles. The van der Waals surface area contributed by atoms with Gasteiger partial charge in [0.2, 0.25) is 17.7 Å². The highest BCUT2D eigenvalue weighted by Gasteiger charge is 2.56. The number of hydrogen-bond acceptors (Lipinski definition) is 30. The monoisotopic (exact) mass is 1690 g/mol. The molecule has 6 aromatic carbocycles. The summed E-state index contributed by atoms with van der Waals surface area (Å²) < 4.78 is 104. The van der Waals surface area contributed by atoms with Gasteiger partial charge in [-0.25, -0.2) is 0 Å². The van der Waals surface area contributed by atoms with Crippen LogP contribution in [0.3, 0.4) is 0 Å². The van der Waals surface area contributed by atoms with Gasteiger partial charge in [-0.2, -0.15) is 24.9 Å². The fraction of sp³-hybridized carbons (Fsp3) is 0.464. The highest BCUT2D eigenvalue weighted by molar-refractivity contribution is 6.64. The first-order chi connectivity index (χ1) is 57.1. The highest BCUT2D eigenvalue weighted by Crippen LogP contribution is 2.42. The van der Waals surface area contributed by atoms with Gasteiger partial charge in [0.1, 0.15) is 27.6 Å². The molecular formula is C84H110B6N12O21. The number of nitrogens with one attached hydrogen (secondary N) is 3. The van der Waals surface area contributed by atoms with Gasteiger partial charge >= 0.3 is 54.7 Å². The summed E-state index contributed by atoms with van der Waals surface area (Å²) in [5.41, 5.74) is 25.4. The van der Waals surface area contributed by atoms with Gasteiger partial charge in [0.05, 0.1) is 61.4 Å². The van der Waals surface area contributed by atoms with Crippen LogP contribution in [0.15, 0.2) is 136 Å². The van der Waals surface area contributed by atoms with Crippen LogP contribution in [0.4, 0.5) is 35.9 Å². The van der Waals surface area contributed by atoms with E-state index in [-0.39, 0.29) is 82.4 Å². The molecule has 39 heteroatoms. The number of anilines is 6. The van der Waals surface area contributed by atoms with Crippen molar-refractivity contribution >= 4 is 196 Å². The Morgan fingerprint density at radius 2 is 0.610 bits per heavy atom. The lowest BCUT2D eigenvalue weighted by atomic mass is 9.78. The van der Waals surface area contributed by atoms with Crippen LogP contribution in [0.1, 0.15) is 187 Å². The minimum absolute atomic E-state index is 0.0687. The van der Waals surface area contributed by atoms with E-state index in [2.05, 4.69) is 46.0 Å². The van der Waals surface area contributed by atoms with Crippen molar-refractivity contribution in [1.29, 1.82) is 0 Å². The number of hydrogen-bond donors (Lipinski definition) is 6. The van der Waals surface area contributed by atoms with Crippen molar-refractivity contribution in [3.05, 3.63) is 109 Å². The topological polar surface area (TPSA) is 432 Å². The summed E-state index contributed by atoms with van der Waals surface area (Å²) in [6, 6.07) is 34.4. The molecule has 0 aliphatic carbocycles. The third kappa shape index (κ3) is 20.6. The molecule has 0 spiro atoms. The number of nitrogens with two attached hydrogens (primary N) is 3. The van der Waals surface area contributed by atoms with Crippen LogP contribution in [0.5, 0.6) is 0 Å². The van der Waals surface area contributed by atoms with Crippen LogP contribution >= 0.6 is 0 Å². The standard InChI is InChI=1S/3C15H19BN2O4.2C13H17BN2O3.C13H19BN2O3/c1-9(19)17-13-18-11-8-10(6-7-12(11)20-13)16-21-14(2,3)15(4,5)22-16;1-9(19)17-13-11-8-10(6-7-12(11)20-18-13)16-21-14(2,3)15(4,5)22-16;1-9(19)17-13-18-11-7-6-10(8-12(11)20-13)16-21-14(2,3)15(4,5)22-16;1-12(2)13(3,4)19-14(18-12)8-5-6-10-9(7-8)16-11(15)17-10;1-12(2)13(3,4)19-14(18-12)8-5-6-9-10(7-8)17-11(15)16-9;1-8(2)18-14(19-9(3)4)10-5-6-11-12(7-10)17-13(15)16-11/h3*6-8H,1-5H3,(H,17,18,19);2*5-7H,1-4H3,(H2,15,16);5-9H,1-4H3,(H2,15,16). The number of nitrogen functional groups attached to an aromatic ring is 3. The van der Waals surface area contributed by atoms with Gasteiger partial charge in [0, 0.05) is 33.0 Å². The third-order valence-electron chi connectivity index (χ3n) is 23.2. The van der Waals surface area contributed by atoms with E-state index in [9.17, 15) is 14.4 Å². The Kier molecular flexibility index (Phi) is 25.8. The quantitative estimate of drug-likeness (QED) is 0.0584. The first-order valence-electron chi connectivity index (χ1n) is 40.7. The van der Waals surface area contributed by atoms with Crippen molar-refractivity contribution < 1.29 is 96.8 Å². The van der Waals surface area contributed by atoms with Gasteiger partial charge in [-0.05, 0) is 272 Å². The summed E-state index contributed by atoms with van der Waals surface area (Å²) in [6.45, 7) is 52.5. The molecule has 650 valence electrons. The Labute approximate surface area is 716 Å². The lowest BCUT2D eigenvalue weighted by Gasteiger charge is -2.32. The van der Waals surface area contributed by atoms with Crippen molar-refractivity contribution in [2.75, 3.05) is 33.2 Å². The zero-order valence-electron chi connectivity index (χ0n) is 75.0. The molecule has 11 heterocycles. The molecule has 5 aliphatic rings. The predicted octanol–water partition coefficient (Wildman–Crippen LogP) is 11.6. The number of rotatable bonds is 13. The molecule has 0 saturated carbocycles. The molecule has 17 rings (SSSR count). The number of fused-ring (bicyclic) bond motifs is 6. The van der Waals surface area contributed by atoms with Crippen LogP contribution in [-0.4, -0.2) is 159 Å². The molecule has 5 aliphatic heterocycles. The molecule has 3 amide bonds. The maximum Gasteiger partial charge on any atom is 0.494 e. The van der Waals surface area contributed by atoms with Crippen LogP contribution in [0, 0.1) is 0 Å². The molecule has 123 heavy (non-hydrogen) atoms. The second kappa shape index (κ2) is 34.4. The van der Waals surface area contributed by atoms with E-state index in [1.54, 1.807) is 12.1 Å². The second-order valence-corrected chi connectivity index (χ2v) is 36.3. The Bertz CT molecular complexity index is 5410. The average Bonchev–Trinajstić information content (AvgIpc) is 1.64. The van der Waals surface area contributed by atoms with Crippen LogP contribution in [0.2, 0.25) is 0 Å². The fourth-order valence-electron chi connectivity index (χ4n) is 12.8. The Balaban J connectivity index is 0.000000135. The SMILES string of the molecule is CC(=O)Nc1nc2cc(B3OC(C)(C)C(C)(C)O3)ccc2o1.CC(=O)Nc1nc2ccc(B3OC(C)(C)C(C)(C)O3)cc2o1.CC(=O)Nc1noc2ccc(B3OC(C)(C)C(C)(C)O3)cc12.CC(C)OB(OC(C)C)c1ccc2nc(N)oc2c1.CC1(C)OB(c2ccc3nc(N)oc3c2)OC1(C)C.CC1(C)OB(c2ccc3oc(N)nc3c2)OC1(C)C. The lowest BCUT2D eigenvalue weighted by molar-refractivity contribution is -0.115. The number of carbonyl (C=O) groups excluding carboxylic acids is 3. The molecule has 0 bridgehead atoms. The number of carbonyl (C=O) groups is 3. The maximum absolute atomic E-state index is 11.2. The summed E-state index contributed by atoms with van der Waals surface area (Å²) >= 11 is 0. The fourth-order valence-corrected chi connectivity index (χ4v) is 12.8. The van der Waals surface area contributed by atoms with E-state index < -0.39 is 76.3 Å². The normalized spacial score (nSPS) is 18.9. The molecule has 5 fully saturated rings. The minimum atomic E-state index is -0.463. The van der Waals surface area contributed by atoms with Gasteiger partial charge in [-0.1, -0.05) is 41.6 Å². The van der Waals surface area contributed by atoms with Crippen LogP contribution in [0.25, 0.3) is 66.5 Å². The highest BCUT2D eigenvalue weighted by atomic mass is 16.7. The lowest BCUT2D eigenvalue weighted by Crippen LogP contribution is -2.41. The Morgan fingerprint density at radius 3 is 0.984 bits per heavy atom. The molecule has 33 nitrogen and oxygen atoms in total. The number of nitrogens with zero attached hydrogens (tertiary/aromatic N) is 6. The van der Waals surface area contributed by atoms with Crippen molar-refractivity contribution in [1.82, 2.24) is 30.1 Å². The number of amides is 3. The van der Waals surface area contributed by atoms with E-state index in [4.69, 9.17) is 99.7 Å². The van der Waals surface area contributed by atoms with Crippen molar-refractivity contribution in [2.45, 2.75) is 255 Å². The largest absolute Gasteiger partial charge is 0.494 e. The molecular weight excluding hydrogens is 1580 g/mol. The van der Waals surface area contributed by atoms with Gasteiger partial charge in [0.25, 0.3) is 18.0 Å². The van der Waals surface area contributed by atoms with E-state index in [0.29, 0.717) is 55.9 Å². The second-order valence-electron chi connectivity index (χ2n) is 36.3.